The van der Waals surface area contributed by atoms with Gasteiger partial charge in [0, 0.05) is 29.5 Å². The molecule has 0 unspecified atom stereocenters. The van der Waals surface area contributed by atoms with E-state index in [2.05, 4.69) is 39.8 Å². The number of aryl methyl sites for hydroxylation is 2. The van der Waals surface area contributed by atoms with Crippen molar-refractivity contribution in [2.75, 3.05) is 11.2 Å². The molecule has 2 rings (SSSR count). The average Bonchev–Trinajstić information content (AvgIpc) is 2.85. The Morgan fingerprint density at radius 2 is 2.21 bits per heavy atom. The molecule has 3 nitrogen and oxygen atoms in total. The van der Waals surface area contributed by atoms with Crippen molar-refractivity contribution in [3.05, 3.63) is 35.7 Å². The molecule has 0 fully saturated rings. The van der Waals surface area contributed by atoms with Gasteiger partial charge in [-0.15, -0.1) is 11.6 Å². The molecule has 2 aromatic rings. The molecular weight excluding hydrogens is 278 g/mol. The van der Waals surface area contributed by atoms with E-state index in [1.807, 2.05) is 6.07 Å². The van der Waals surface area contributed by atoms with E-state index >= 15 is 0 Å². The van der Waals surface area contributed by atoms with Gasteiger partial charge in [0.25, 0.3) is 0 Å². The van der Waals surface area contributed by atoms with Crippen molar-refractivity contribution in [3.63, 3.8) is 0 Å². The first-order valence-electron chi connectivity index (χ1n) is 6.56. The number of rotatable bonds is 7. The molecule has 0 amide bonds. The maximum absolute atomic E-state index is 5.72. The van der Waals surface area contributed by atoms with E-state index < -0.39 is 0 Å². The van der Waals surface area contributed by atoms with Gasteiger partial charge in [-0.2, -0.15) is 4.37 Å². The van der Waals surface area contributed by atoms with Crippen molar-refractivity contribution in [1.82, 2.24) is 9.36 Å². The van der Waals surface area contributed by atoms with Crippen LogP contribution in [0.1, 0.15) is 31.2 Å². The normalized spacial score (nSPS) is 10.6. The molecule has 5 heteroatoms. The van der Waals surface area contributed by atoms with Crippen LogP contribution in [0.5, 0.6) is 0 Å². The molecule has 102 valence electrons. The molecule has 1 heterocycles. The third-order valence-corrected chi connectivity index (χ3v) is 3.65. The predicted octanol–water partition coefficient (Wildman–Crippen LogP) is 4.41. The Balaban J connectivity index is 2.01. The molecule has 0 aliphatic carbocycles. The molecular formula is C14H18ClN3S. The molecule has 0 saturated carbocycles. The van der Waals surface area contributed by atoms with Gasteiger partial charge in [-0.1, -0.05) is 19.1 Å². The lowest BCUT2D eigenvalue weighted by Crippen LogP contribution is -1.93. The van der Waals surface area contributed by atoms with Gasteiger partial charge in [-0.3, -0.25) is 0 Å². The minimum absolute atomic E-state index is 0.703. The van der Waals surface area contributed by atoms with E-state index in [1.165, 1.54) is 17.1 Å². The van der Waals surface area contributed by atoms with Crippen LogP contribution < -0.4 is 5.32 Å². The molecule has 0 atom stereocenters. The van der Waals surface area contributed by atoms with Gasteiger partial charge in [0.05, 0.1) is 0 Å². The van der Waals surface area contributed by atoms with Crippen molar-refractivity contribution in [3.8, 4) is 0 Å². The highest BCUT2D eigenvalue weighted by Gasteiger charge is 2.04. The number of aromatic nitrogens is 2. The third kappa shape index (κ3) is 4.48. The molecule has 1 N–H and O–H groups in total. The van der Waals surface area contributed by atoms with Gasteiger partial charge in [0.2, 0.25) is 5.13 Å². The van der Waals surface area contributed by atoms with Gasteiger partial charge in [0.1, 0.15) is 5.82 Å². The summed E-state index contributed by atoms with van der Waals surface area (Å²) < 4.78 is 4.32. The maximum atomic E-state index is 5.72. The fraction of sp³-hybridized carbons (Fsp3) is 0.429. The van der Waals surface area contributed by atoms with Crippen LogP contribution in [-0.4, -0.2) is 15.2 Å². The standard InChI is InChI=1S/C14H18ClN3S/c1-2-5-13-17-14(19-18-13)16-12-8-3-6-11(10-12)7-4-9-15/h3,6,8,10H,2,4-5,7,9H2,1H3,(H,16,17,18). The van der Waals surface area contributed by atoms with E-state index in [4.69, 9.17) is 11.6 Å². The summed E-state index contributed by atoms with van der Waals surface area (Å²) in [7, 11) is 0. The first-order chi connectivity index (χ1) is 9.31. The Bertz CT molecular complexity index is 513. The van der Waals surface area contributed by atoms with Crippen LogP contribution >= 0.6 is 23.1 Å². The van der Waals surface area contributed by atoms with Gasteiger partial charge < -0.3 is 5.32 Å². The second-order valence-corrected chi connectivity index (χ2v) is 5.51. The van der Waals surface area contributed by atoms with Crippen LogP contribution in [-0.2, 0) is 12.8 Å². The molecule has 1 aromatic heterocycles. The molecule has 0 spiro atoms. The number of halogens is 1. The summed E-state index contributed by atoms with van der Waals surface area (Å²) >= 11 is 7.14. The van der Waals surface area contributed by atoms with Crippen LogP contribution in [0.4, 0.5) is 10.8 Å². The van der Waals surface area contributed by atoms with Gasteiger partial charge in [0.15, 0.2) is 0 Å². The Labute approximate surface area is 123 Å². The summed E-state index contributed by atoms with van der Waals surface area (Å²) in [6, 6.07) is 8.37. The highest BCUT2D eigenvalue weighted by Crippen LogP contribution is 2.20. The average molecular weight is 296 g/mol. The predicted molar refractivity (Wildman–Crippen MR) is 82.7 cm³/mol. The second-order valence-electron chi connectivity index (χ2n) is 4.38. The van der Waals surface area contributed by atoms with Crippen LogP contribution in [0.2, 0.25) is 0 Å². The number of hydrogen-bond donors (Lipinski definition) is 1. The number of nitrogens with one attached hydrogen (secondary N) is 1. The zero-order valence-electron chi connectivity index (χ0n) is 11.0. The van der Waals surface area contributed by atoms with Crippen molar-refractivity contribution < 1.29 is 0 Å². The second kappa shape index (κ2) is 7.46. The molecule has 19 heavy (non-hydrogen) atoms. The molecule has 0 aliphatic rings. The third-order valence-electron chi connectivity index (χ3n) is 2.72. The molecule has 1 aromatic carbocycles. The quantitative estimate of drug-likeness (QED) is 0.769. The first-order valence-corrected chi connectivity index (χ1v) is 7.87. The maximum Gasteiger partial charge on any atom is 0.207 e. The Morgan fingerprint density at radius 1 is 1.32 bits per heavy atom. The Morgan fingerprint density at radius 3 is 3.00 bits per heavy atom. The van der Waals surface area contributed by atoms with E-state index in [9.17, 15) is 0 Å². The summed E-state index contributed by atoms with van der Waals surface area (Å²) in [5.41, 5.74) is 2.36. The Hall–Kier alpha value is -1.13. The van der Waals surface area contributed by atoms with Crippen molar-refractivity contribution in [2.24, 2.45) is 0 Å². The number of benzene rings is 1. The minimum atomic E-state index is 0.703. The number of anilines is 2. The molecule has 0 radical (unpaired) electrons. The van der Waals surface area contributed by atoms with Crippen molar-refractivity contribution in [1.29, 1.82) is 0 Å². The van der Waals surface area contributed by atoms with Gasteiger partial charge >= 0.3 is 0 Å². The smallest absolute Gasteiger partial charge is 0.207 e. The fourth-order valence-corrected chi connectivity index (χ4v) is 2.60. The monoisotopic (exact) mass is 295 g/mol. The number of hydrogen-bond acceptors (Lipinski definition) is 4. The first kappa shape index (κ1) is 14.3. The lowest BCUT2D eigenvalue weighted by molar-refractivity contribution is 0.862. The molecule has 0 saturated heterocycles. The summed E-state index contributed by atoms with van der Waals surface area (Å²) in [6.45, 7) is 2.13. The summed E-state index contributed by atoms with van der Waals surface area (Å²) in [4.78, 5) is 4.46. The topological polar surface area (TPSA) is 37.8 Å². The molecule has 0 aliphatic heterocycles. The van der Waals surface area contributed by atoms with E-state index in [1.54, 1.807) is 0 Å². The lowest BCUT2D eigenvalue weighted by atomic mass is 10.1. The number of nitrogens with zero attached hydrogens (tertiary/aromatic N) is 2. The van der Waals surface area contributed by atoms with Gasteiger partial charge in [-0.25, -0.2) is 4.98 Å². The minimum Gasteiger partial charge on any atom is -0.330 e. The SMILES string of the molecule is CCCc1nsc(Nc2cccc(CCCCl)c2)n1. The van der Waals surface area contributed by atoms with E-state index in [-0.39, 0.29) is 0 Å². The lowest BCUT2D eigenvalue weighted by Gasteiger charge is -2.05. The summed E-state index contributed by atoms with van der Waals surface area (Å²) in [5, 5.41) is 4.17. The molecule has 0 bridgehead atoms. The van der Waals surface area contributed by atoms with E-state index in [0.29, 0.717) is 5.88 Å². The van der Waals surface area contributed by atoms with Crippen LogP contribution in [0, 0.1) is 0 Å². The summed E-state index contributed by atoms with van der Waals surface area (Å²) in [5.74, 6) is 1.63. The Kier molecular flexibility index (Phi) is 5.61. The zero-order chi connectivity index (χ0) is 13.5. The highest BCUT2D eigenvalue weighted by molar-refractivity contribution is 7.09. The highest BCUT2D eigenvalue weighted by atomic mass is 35.5. The zero-order valence-corrected chi connectivity index (χ0v) is 12.6. The summed E-state index contributed by atoms with van der Waals surface area (Å²) in [6.07, 6.45) is 4.03. The van der Waals surface area contributed by atoms with Crippen molar-refractivity contribution in [2.45, 2.75) is 32.6 Å². The van der Waals surface area contributed by atoms with Crippen LogP contribution in [0.3, 0.4) is 0 Å². The number of alkyl halides is 1. The van der Waals surface area contributed by atoms with Crippen molar-refractivity contribution >= 4 is 34.0 Å². The van der Waals surface area contributed by atoms with Gasteiger partial charge in [-0.05, 0) is 37.0 Å². The van der Waals surface area contributed by atoms with E-state index in [0.717, 1.165) is 42.3 Å². The van der Waals surface area contributed by atoms with Crippen LogP contribution in [0.15, 0.2) is 24.3 Å². The largest absolute Gasteiger partial charge is 0.330 e. The fourth-order valence-electron chi connectivity index (χ4n) is 1.83. The van der Waals surface area contributed by atoms with Crippen LogP contribution in [0.25, 0.3) is 0 Å².